The molecule has 6 nitrogen and oxygen atoms in total. The Balaban J connectivity index is 1.26. The van der Waals surface area contributed by atoms with Crippen molar-refractivity contribution in [3.05, 3.63) is 54.6 Å². The number of rotatable bonds is 5. The summed E-state index contributed by atoms with van der Waals surface area (Å²) in [4.78, 5) is 19.7. The summed E-state index contributed by atoms with van der Waals surface area (Å²) in [5, 5.41) is 0.0598. The smallest absolute Gasteiger partial charge is 0.257 e. The van der Waals surface area contributed by atoms with Crippen LogP contribution in [0.4, 0.5) is 0 Å². The average Bonchev–Trinajstić information content (AvgIpc) is 3.30. The summed E-state index contributed by atoms with van der Waals surface area (Å²) in [5.74, 6) is 0.279. The van der Waals surface area contributed by atoms with Gasteiger partial charge in [0.15, 0.2) is 15.4 Å². The third kappa shape index (κ3) is 3.52. The number of nitrogens with zero attached hydrogens (tertiary/aromatic N) is 2. The number of para-hydroxylation sites is 2. The Morgan fingerprint density at radius 2 is 1.70 bits per heavy atom. The molecule has 5 rings (SSSR count). The van der Waals surface area contributed by atoms with Crippen molar-refractivity contribution in [2.24, 2.45) is 0 Å². The molecule has 2 aromatic carbocycles. The Morgan fingerprint density at radius 3 is 2.40 bits per heavy atom. The summed E-state index contributed by atoms with van der Waals surface area (Å²) in [6, 6.07) is 16.1. The van der Waals surface area contributed by atoms with E-state index >= 15 is 0 Å². The van der Waals surface area contributed by atoms with Crippen LogP contribution in [0, 0.1) is 0 Å². The van der Waals surface area contributed by atoms with Gasteiger partial charge in [0.25, 0.3) is 5.22 Å². The number of hydrogen-bond donors (Lipinski definition) is 0. The van der Waals surface area contributed by atoms with Crippen LogP contribution in [0.1, 0.15) is 25.7 Å². The van der Waals surface area contributed by atoms with Crippen LogP contribution in [-0.4, -0.2) is 47.3 Å². The number of fused-ring (bicyclic) bond motifs is 3. The number of thioether (sulfide) groups is 1. The molecule has 30 heavy (non-hydrogen) atoms. The van der Waals surface area contributed by atoms with Crippen LogP contribution in [0.2, 0.25) is 0 Å². The zero-order valence-electron chi connectivity index (χ0n) is 16.3. The Morgan fingerprint density at radius 1 is 1.03 bits per heavy atom. The van der Waals surface area contributed by atoms with Gasteiger partial charge in [0.05, 0.1) is 15.9 Å². The normalized spacial score (nSPS) is 23.7. The number of carbonyl (C=O) groups is 1. The van der Waals surface area contributed by atoms with E-state index in [0.717, 1.165) is 18.4 Å². The molecule has 2 fully saturated rings. The SMILES string of the molecule is O=C(CSc1nc2ccccc2o1)N1C2CCC1CC(S(=O)(=O)c1ccccc1)C2. The molecule has 3 heterocycles. The van der Waals surface area contributed by atoms with Crippen LogP contribution in [-0.2, 0) is 14.6 Å². The fraction of sp³-hybridized carbons (Fsp3) is 0.364. The van der Waals surface area contributed by atoms with Gasteiger partial charge in [-0.05, 0) is 49.9 Å². The van der Waals surface area contributed by atoms with Crippen molar-refractivity contribution in [2.45, 2.75) is 53.1 Å². The van der Waals surface area contributed by atoms with Gasteiger partial charge in [-0.3, -0.25) is 4.79 Å². The van der Waals surface area contributed by atoms with Gasteiger partial charge >= 0.3 is 0 Å². The van der Waals surface area contributed by atoms with Gasteiger partial charge in [-0.1, -0.05) is 42.1 Å². The lowest BCUT2D eigenvalue weighted by molar-refractivity contribution is -0.132. The summed E-state index contributed by atoms with van der Waals surface area (Å²) in [7, 11) is -3.38. The predicted octanol–water partition coefficient (Wildman–Crippen LogP) is 3.92. The molecule has 0 radical (unpaired) electrons. The summed E-state index contributed by atoms with van der Waals surface area (Å²) < 4.78 is 31.8. The first-order chi connectivity index (χ1) is 14.5. The monoisotopic (exact) mass is 442 g/mol. The van der Waals surface area contributed by atoms with Gasteiger partial charge in [-0.25, -0.2) is 13.4 Å². The molecular formula is C22H22N2O4S2. The number of benzene rings is 2. The number of aromatic nitrogens is 1. The van der Waals surface area contributed by atoms with Crippen molar-refractivity contribution in [3.63, 3.8) is 0 Å². The molecular weight excluding hydrogens is 420 g/mol. The molecule has 0 aliphatic carbocycles. The molecule has 2 aliphatic rings. The van der Waals surface area contributed by atoms with Crippen molar-refractivity contribution in [2.75, 3.05) is 5.75 Å². The van der Waals surface area contributed by atoms with Crippen molar-refractivity contribution in [1.82, 2.24) is 9.88 Å². The number of amides is 1. The molecule has 156 valence electrons. The highest BCUT2D eigenvalue weighted by Gasteiger charge is 2.47. The number of oxazole rings is 1. The molecule has 2 saturated heterocycles. The molecule has 0 N–H and O–H groups in total. The van der Waals surface area contributed by atoms with Crippen LogP contribution in [0.5, 0.6) is 0 Å². The fourth-order valence-corrected chi connectivity index (χ4v) is 7.28. The van der Waals surface area contributed by atoms with Crippen molar-refractivity contribution in [3.8, 4) is 0 Å². The van der Waals surface area contributed by atoms with E-state index in [1.54, 1.807) is 24.3 Å². The Kier molecular flexibility index (Phi) is 5.06. The van der Waals surface area contributed by atoms with E-state index in [1.165, 1.54) is 11.8 Å². The molecule has 2 bridgehead atoms. The lowest BCUT2D eigenvalue weighted by Gasteiger charge is -2.38. The summed E-state index contributed by atoms with van der Waals surface area (Å²) in [6.45, 7) is 0. The lowest BCUT2D eigenvalue weighted by atomic mass is 10.0. The molecule has 3 aromatic rings. The fourth-order valence-electron chi connectivity index (χ4n) is 4.70. The molecule has 2 atom stereocenters. The van der Waals surface area contributed by atoms with E-state index in [9.17, 15) is 13.2 Å². The highest BCUT2D eigenvalue weighted by molar-refractivity contribution is 7.99. The van der Waals surface area contributed by atoms with Crippen molar-refractivity contribution >= 4 is 38.6 Å². The maximum Gasteiger partial charge on any atom is 0.257 e. The molecule has 0 spiro atoms. The summed E-state index contributed by atoms with van der Waals surface area (Å²) in [6.07, 6.45) is 2.75. The van der Waals surface area contributed by atoms with Gasteiger partial charge < -0.3 is 9.32 Å². The largest absolute Gasteiger partial charge is 0.431 e. The first kappa shape index (κ1) is 19.6. The minimum absolute atomic E-state index is 0.0102. The van der Waals surface area contributed by atoms with E-state index < -0.39 is 15.1 Å². The zero-order chi connectivity index (χ0) is 20.7. The first-order valence-electron chi connectivity index (χ1n) is 10.1. The van der Waals surface area contributed by atoms with E-state index in [4.69, 9.17) is 4.42 Å². The molecule has 1 amide bonds. The highest BCUT2D eigenvalue weighted by Crippen LogP contribution is 2.40. The van der Waals surface area contributed by atoms with Crippen LogP contribution in [0.15, 0.2) is 69.1 Å². The highest BCUT2D eigenvalue weighted by atomic mass is 32.2. The van der Waals surface area contributed by atoms with Gasteiger partial charge in [0.2, 0.25) is 5.91 Å². The number of carbonyl (C=O) groups excluding carboxylic acids is 1. The van der Waals surface area contributed by atoms with Crippen LogP contribution in [0.3, 0.4) is 0 Å². The van der Waals surface area contributed by atoms with Gasteiger partial charge in [0.1, 0.15) is 5.52 Å². The quantitative estimate of drug-likeness (QED) is 0.557. The van der Waals surface area contributed by atoms with Crippen molar-refractivity contribution < 1.29 is 17.6 Å². The van der Waals surface area contributed by atoms with E-state index in [1.807, 2.05) is 35.2 Å². The number of sulfone groups is 1. The van der Waals surface area contributed by atoms with E-state index in [-0.39, 0.29) is 23.7 Å². The van der Waals surface area contributed by atoms with Gasteiger partial charge in [0, 0.05) is 12.1 Å². The van der Waals surface area contributed by atoms with E-state index in [0.29, 0.717) is 28.5 Å². The second-order valence-electron chi connectivity index (χ2n) is 7.87. The number of hydrogen-bond acceptors (Lipinski definition) is 6. The molecule has 1 aromatic heterocycles. The van der Waals surface area contributed by atoms with E-state index in [2.05, 4.69) is 4.98 Å². The second-order valence-corrected chi connectivity index (χ2v) is 11.0. The van der Waals surface area contributed by atoms with Crippen LogP contribution < -0.4 is 0 Å². The van der Waals surface area contributed by atoms with Gasteiger partial charge in [-0.2, -0.15) is 0 Å². The minimum atomic E-state index is -3.38. The Hall–Kier alpha value is -2.32. The molecule has 2 aliphatic heterocycles. The van der Waals surface area contributed by atoms with Gasteiger partial charge in [-0.15, -0.1) is 0 Å². The minimum Gasteiger partial charge on any atom is -0.431 e. The van der Waals surface area contributed by atoms with Crippen LogP contribution >= 0.6 is 11.8 Å². The molecule has 0 saturated carbocycles. The second kappa shape index (κ2) is 7.74. The summed E-state index contributed by atoms with van der Waals surface area (Å²) in [5.41, 5.74) is 1.49. The Bertz CT molecular complexity index is 1130. The van der Waals surface area contributed by atoms with Crippen LogP contribution in [0.25, 0.3) is 11.1 Å². The topological polar surface area (TPSA) is 80.5 Å². The molecule has 2 unspecified atom stereocenters. The number of piperidine rings is 1. The lowest BCUT2D eigenvalue weighted by Crippen LogP contribution is -2.50. The maximum atomic E-state index is 13.1. The standard InChI is InChI=1S/C22H22N2O4S2/c25-21(14-29-22-23-19-8-4-5-9-20(19)28-22)24-15-10-11-16(24)13-18(12-15)30(26,27)17-6-2-1-3-7-17/h1-9,15-16,18H,10-14H2. The average molecular weight is 443 g/mol. The van der Waals surface area contributed by atoms with Crippen molar-refractivity contribution in [1.29, 1.82) is 0 Å². The Labute approximate surface area is 179 Å². The maximum absolute atomic E-state index is 13.1. The third-order valence-electron chi connectivity index (χ3n) is 6.08. The molecule has 8 heteroatoms. The predicted molar refractivity (Wildman–Crippen MR) is 115 cm³/mol. The third-order valence-corrected chi connectivity index (χ3v) is 9.09. The zero-order valence-corrected chi connectivity index (χ0v) is 17.9. The summed E-state index contributed by atoms with van der Waals surface area (Å²) >= 11 is 1.30. The first-order valence-corrected chi connectivity index (χ1v) is 12.6.